The molecule has 0 radical (unpaired) electrons. The van der Waals surface area contributed by atoms with Gasteiger partial charge in [-0.2, -0.15) is 0 Å². The van der Waals surface area contributed by atoms with E-state index in [1.807, 2.05) is 0 Å². The molecule has 0 saturated heterocycles. The summed E-state index contributed by atoms with van der Waals surface area (Å²) in [5, 5.41) is 3.38. The number of benzene rings is 2. The Morgan fingerprint density at radius 1 is 0.895 bits per heavy atom. The zero-order chi connectivity index (χ0) is 13.8. The van der Waals surface area contributed by atoms with E-state index in [0.29, 0.717) is 0 Å². The van der Waals surface area contributed by atoms with Crippen LogP contribution in [0.1, 0.15) is 29.2 Å². The molecule has 100 valence electrons. The van der Waals surface area contributed by atoms with Gasteiger partial charge >= 0.3 is 0 Å². The van der Waals surface area contributed by atoms with Crippen molar-refractivity contribution >= 4 is 0 Å². The van der Waals surface area contributed by atoms with Crippen LogP contribution >= 0.6 is 0 Å². The second kappa shape index (κ2) is 6.03. The predicted molar refractivity (Wildman–Crippen MR) is 83.5 cm³/mol. The van der Waals surface area contributed by atoms with Gasteiger partial charge in [-0.05, 0) is 66.8 Å². The number of rotatable bonds is 4. The molecule has 1 N–H and O–H groups in total. The SMILES string of the molecule is CCNCc1cccc(-c2cc(C)c(C)cc2C)c1. The van der Waals surface area contributed by atoms with Gasteiger partial charge in [-0.15, -0.1) is 0 Å². The molecule has 2 aromatic rings. The van der Waals surface area contributed by atoms with E-state index in [1.165, 1.54) is 33.4 Å². The minimum Gasteiger partial charge on any atom is -0.313 e. The lowest BCUT2D eigenvalue weighted by Gasteiger charge is -2.11. The standard InChI is InChI=1S/C18H23N/c1-5-19-12-16-7-6-8-17(11-16)18-10-14(3)13(2)9-15(18)4/h6-11,19H,5,12H2,1-4H3. The fourth-order valence-electron chi connectivity index (χ4n) is 2.39. The van der Waals surface area contributed by atoms with Gasteiger partial charge in [0, 0.05) is 6.54 Å². The van der Waals surface area contributed by atoms with Crippen molar-refractivity contribution in [2.75, 3.05) is 6.54 Å². The van der Waals surface area contributed by atoms with Crippen LogP contribution in [0.2, 0.25) is 0 Å². The highest BCUT2D eigenvalue weighted by Gasteiger charge is 2.05. The molecule has 0 aliphatic heterocycles. The van der Waals surface area contributed by atoms with Gasteiger partial charge in [0.1, 0.15) is 0 Å². The van der Waals surface area contributed by atoms with Crippen LogP contribution in [-0.2, 0) is 6.54 Å². The highest BCUT2D eigenvalue weighted by atomic mass is 14.8. The molecule has 0 spiro atoms. The van der Waals surface area contributed by atoms with Crippen molar-refractivity contribution in [1.29, 1.82) is 0 Å². The normalized spacial score (nSPS) is 10.7. The minimum absolute atomic E-state index is 0.939. The van der Waals surface area contributed by atoms with Crippen LogP contribution in [0, 0.1) is 20.8 Å². The van der Waals surface area contributed by atoms with Crippen molar-refractivity contribution in [3.8, 4) is 11.1 Å². The fourth-order valence-corrected chi connectivity index (χ4v) is 2.39. The smallest absolute Gasteiger partial charge is 0.0205 e. The van der Waals surface area contributed by atoms with E-state index in [-0.39, 0.29) is 0 Å². The van der Waals surface area contributed by atoms with E-state index in [2.05, 4.69) is 69.4 Å². The summed E-state index contributed by atoms with van der Waals surface area (Å²) < 4.78 is 0. The second-order valence-corrected chi connectivity index (χ2v) is 5.23. The molecular formula is C18H23N. The molecular weight excluding hydrogens is 230 g/mol. The molecule has 2 aromatic carbocycles. The van der Waals surface area contributed by atoms with Gasteiger partial charge in [-0.1, -0.05) is 37.3 Å². The predicted octanol–water partition coefficient (Wildman–Crippen LogP) is 4.39. The fraction of sp³-hybridized carbons (Fsp3) is 0.333. The van der Waals surface area contributed by atoms with Crippen molar-refractivity contribution in [3.05, 3.63) is 58.7 Å². The highest BCUT2D eigenvalue weighted by molar-refractivity contribution is 5.69. The summed E-state index contributed by atoms with van der Waals surface area (Å²) in [5.74, 6) is 0. The molecule has 0 aliphatic carbocycles. The Morgan fingerprint density at radius 3 is 2.37 bits per heavy atom. The van der Waals surface area contributed by atoms with Gasteiger partial charge in [-0.3, -0.25) is 0 Å². The molecule has 0 unspecified atom stereocenters. The summed E-state index contributed by atoms with van der Waals surface area (Å²) in [4.78, 5) is 0. The van der Waals surface area contributed by atoms with Gasteiger partial charge in [0.2, 0.25) is 0 Å². The van der Waals surface area contributed by atoms with E-state index in [1.54, 1.807) is 0 Å². The van der Waals surface area contributed by atoms with Crippen LogP contribution in [0.5, 0.6) is 0 Å². The lowest BCUT2D eigenvalue weighted by Crippen LogP contribution is -2.11. The highest BCUT2D eigenvalue weighted by Crippen LogP contribution is 2.27. The Balaban J connectivity index is 2.38. The zero-order valence-electron chi connectivity index (χ0n) is 12.4. The molecule has 2 rings (SSSR count). The van der Waals surface area contributed by atoms with Gasteiger partial charge in [-0.25, -0.2) is 0 Å². The maximum absolute atomic E-state index is 3.38. The number of aryl methyl sites for hydroxylation is 3. The first kappa shape index (κ1) is 13.8. The molecule has 0 aliphatic rings. The summed E-state index contributed by atoms with van der Waals surface area (Å²) in [6.45, 7) is 10.6. The topological polar surface area (TPSA) is 12.0 Å². The van der Waals surface area contributed by atoms with E-state index in [9.17, 15) is 0 Å². The molecule has 1 nitrogen and oxygen atoms in total. The molecule has 19 heavy (non-hydrogen) atoms. The van der Waals surface area contributed by atoms with Crippen molar-refractivity contribution in [3.63, 3.8) is 0 Å². The third-order valence-corrected chi connectivity index (χ3v) is 3.66. The van der Waals surface area contributed by atoms with Crippen molar-refractivity contribution in [2.45, 2.75) is 34.2 Å². The number of hydrogen-bond acceptors (Lipinski definition) is 1. The van der Waals surface area contributed by atoms with E-state index < -0.39 is 0 Å². The van der Waals surface area contributed by atoms with E-state index >= 15 is 0 Å². The first-order valence-electron chi connectivity index (χ1n) is 6.99. The number of hydrogen-bond donors (Lipinski definition) is 1. The molecule has 0 bridgehead atoms. The largest absolute Gasteiger partial charge is 0.313 e. The van der Waals surface area contributed by atoms with Crippen LogP contribution in [0.15, 0.2) is 36.4 Å². The van der Waals surface area contributed by atoms with Crippen LogP contribution in [-0.4, -0.2) is 6.54 Å². The molecule has 0 atom stereocenters. The van der Waals surface area contributed by atoms with Crippen molar-refractivity contribution in [1.82, 2.24) is 5.32 Å². The maximum atomic E-state index is 3.38. The number of nitrogens with one attached hydrogen (secondary N) is 1. The second-order valence-electron chi connectivity index (χ2n) is 5.23. The Hall–Kier alpha value is -1.60. The Kier molecular flexibility index (Phi) is 4.39. The van der Waals surface area contributed by atoms with Crippen LogP contribution in [0.25, 0.3) is 11.1 Å². The van der Waals surface area contributed by atoms with Crippen molar-refractivity contribution in [2.24, 2.45) is 0 Å². The van der Waals surface area contributed by atoms with Crippen molar-refractivity contribution < 1.29 is 0 Å². The summed E-state index contributed by atoms with van der Waals surface area (Å²) in [5.41, 5.74) is 8.08. The molecule has 0 saturated carbocycles. The average molecular weight is 253 g/mol. The molecule has 0 aromatic heterocycles. The Bertz CT molecular complexity index is 570. The lowest BCUT2D eigenvalue weighted by atomic mass is 9.94. The maximum Gasteiger partial charge on any atom is 0.0205 e. The van der Waals surface area contributed by atoms with Gasteiger partial charge in [0.05, 0.1) is 0 Å². The van der Waals surface area contributed by atoms with E-state index in [0.717, 1.165) is 13.1 Å². The third kappa shape index (κ3) is 3.24. The average Bonchev–Trinajstić information content (AvgIpc) is 2.41. The molecule has 0 amide bonds. The Morgan fingerprint density at radius 2 is 1.63 bits per heavy atom. The molecule has 1 heteroatoms. The first-order chi connectivity index (χ1) is 9.11. The monoisotopic (exact) mass is 253 g/mol. The van der Waals surface area contributed by atoms with Gasteiger partial charge < -0.3 is 5.32 Å². The summed E-state index contributed by atoms with van der Waals surface area (Å²) in [6, 6.07) is 13.4. The molecule has 0 fully saturated rings. The van der Waals surface area contributed by atoms with Gasteiger partial charge in [0.25, 0.3) is 0 Å². The van der Waals surface area contributed by atoms with Crippen LogP contribution < -0.4 is 5.32 Å². The summed E-state index contributed by atoms with van der Waals surface area (Å²) in [6.07, 6.45) is 0. The lowest BCUT2D eigenvalue weighted by molar-refractivity contribution is 0.727. The van der Waals surface area contributed by atoms with E-state index in [4.69, 9.17) is 0 Å². The zero-order valence-corrected chi connectivity index (χ0v) is 12.4. The van der Waals surface area contributed by atoms with Gasteiger partial charge in [0.15, 0.2) is 0 Å². The van der Waals surface area contributed by atoms with Crippen LogP contribution in [0.3, 0.4) is 0 Å². The quantitative estimate of drug-likeness (QED) is 0.852. The molecule has 0 heterocycles. The third-order valence-electron chi connectivity index (χ3n) is 3.66. The first-order valence-corrected chi connectivity index (χ1v) is 6.99. The summed E-state index contributed by atoms with van der Waals surface area (Å²) >= 11 is 0. The summed E-state index contributed by atoms with van der Waals surface area (Å²) in [7, 11) is 0. The van der Waals surface area contributed by atoms with Crippen LogP contribution in [0.4, 0.5) is 0 Å². The minimum atomic E-state index is 0.939. The Labute approximate surface area is 116 Å².